The first-order chi connectivity index (χ1) is 29.6. The molecule has 2 aromatic carbocycles. The third kappa shape index (κ3) is 8.99. The molecule has 15 heteroatoms. The van der Waals surface area contributed by atoms with E-state index in [9.17, 15) is 19.5 Å². The van der Waals surface area contributed by atoms with Gasteiger partial charge < -0.3 is 36.3 Å². The highest BCUT2D eigenvalue weighted by atomic mass is 32.1. The number of rotatable bonds is 16. The number of hydrogen-bond donors (Lipinski definition) is 5. The van der Waals surface area contributed by atoms with Crippen LogP contribution in [0.3, 0.4) is 0 Å². The lowest BCUT2D eigenvalue weighted by molar-refractivity contribution is -0.241. The second kappa shape index (κ2) is 17.2. The third-order valence-electron chi connectivity index (χ3n) is 13.2. The van der Waals surface area contributed by atoms with Gasteiger partial charge in [-0.05, 0) is 116 Å². The first-order valence-electron chi connectivity index (χ1n) is 21.6. The average Bonchev–Trinajstić information content (AvgIpc) is 3.63. The predicted molar refractivity (Wildman–Crippen MR) is 243 cm³/mol. The molecule has 14 nitrogen and oxygen atoms in total. The number of pyridine rings is 1. The molecule has 5 aliphatic rings. The van der Waals surface area contributed by atoms with Crippen LogP contribution in [0, 0.1) is 16.2 Å². The molecule has 328 valence electrons. The maximum absolute atomic E-state index is 13.6. The van der Waals surface area contributed by atoms with E-state index in [0.717, 1.165) is 59.9 Å². The van der Waals surface area contributed by atoms with Crippen molar-refractivity contribution in [2.45, 2.75) is 90.8 Å². The standard InChI is InChI=1S/C47H58N8O6S/c1-29(49)42(59)60-18-15-50-16-19-61-47-25-44(3)22-45(4,26-47)24-46(23-44,27-47)28-51-30(2)34(20-48)32-12-13-38(53-39(32)41(57)58)55-17-14-31-8-7-9-33(35(31)21-55)40(56)54-43-52-36-10-5-6-11-37(36)62-43/h5-13,20,29,50H,14-19,21-28,48-49H2,1-4H3,(H,57,58)(H,52,54,56). The number of aromatic nitrogens is 2. The Bertz CT molecular complexity index is 2390. The number of carbonyl (C=O) groups is 3. The van der Waals surface area contributed by atoms with Crippen molar-refractivity contribution in [3.63, 3.8) is 0 Å². The number of aromatic carboxylic acids is 1. The van der Waals surface area contributed by atoms with Crippen LogP contribution in [0.1, 0.15) is 104 Å². The highest BCUT2D eigenvalue weighted by Crippen LogP contribution is 2.71. The number of nitrogens with two attached hydrogens (primary N) is 2. The molecule has 7 N–H and O–H groups in total. The number of para-hydroxylation sites is 1. The van der Waals surface area contributed by atoms with Crippen LogP contribution in [-0.4, -0.2) is 89.7 Å². The van der Waals surface area contributed by atoms with E-state index >= 15 is 0 Å². The van der Waals surface area contributed by atoms with E-state index in [4.69, 9.17) is 30.9 Å². The molecule has 4 aliphatic carbocycles. The van der Waals surface area contributed by atoms with Crippen LogP contribution in [0.5, 0.6) is 0 Å². The number of amides is 1. The number of carboxylic acid groups (broad SMARTS) is 1. The lowest BCUT2D eigenvalue weighted by Crippen LogP contribution is -2.64. The van der Waals surface area contributed by atoms with Crippen molar-refractivity contribution in [1.29, 1.82) is 0 Å². The molecule has 3 unspecified atom stereocenters. The van der Waals surface area contributed by atoms with Gasteiger partial charge >= 0.3 is 11.9 Å². The average molecular weight is 863 g/mol. The van der Waals surface area contributed by atoms with Crippen LogP contribution < -0.4 is 27.0 Å². The number of nitrogens with zero attached hydrogens (tertiary/aromatic N) is 4. The Hall–Kier alpha value is -5.22. The molecule has 62 heavy (non-hydrogen) atoms. The number of ether oxygens (including phenoxy) is 2. The van der Waals surface area contributed by atoms with Crippen molar-refractivity contribution in [1.82, 2.24) is 15.3 Å². The van der Waals surface area contributed by atoms with Crippen LogP contribution >= 0.6 is 11.3 Å². The van der Waals surface area contributed by atoms with Crippen molar-refractivity contribution in [3.8, 4) is 0 Å². The Labute approximate surface area is 366 Å². The van der Waals surface area contributed by atoms with Crippen molar-refractivity contribution in [2.75, 3.05) is 49.6 Å². The van der Waals surface area contributed by atoms with E-state index in [-0.39, 0.29) is 40.1 Å². The van der Waals surface area contributed by atoms with E-state index in [0.29, 0.717) is 79.1 Å². The molecule has 4 fully saturated rings. The minimum absolute atomic E-state index is 0.0633. The number of thiazole rings is 1. The molecule has 3 heterocycles. The van der Waals surface area contributed by atoms with Gasteiger partial charge in [-0.15, -0.1) is 0 Å². The van der Waals surface area contributed by atoms with Gasteiger partial charge in [0.25, 0.3) is 5.91 Å². The maximum atomic E-state index is 13.6. The number of benzene rings is 2. The fraction of sp³-hybridized carbons (Fsp3) is 0.489. The number of carboxylic acids is 1. The summed E-state index contributed by atoms with van der Waals surface area (Å²) in [5, 5.41) is 17.4. The van der Waals surface area contributed by atoms with Crippen LogP contribution in [-0.2, 0) is 27.2 Å². The molecule has 4 saturated carbocycles. The molecule has 0 saturated heterocycles. The van der Waals surface area contributed by atoms with Crippen LogP contribution in [0.2, 0.25) is 0 Å². The summed E-state index contributed by atoms with van der Waals surface area (Å²) in [6.45, 7) is 11.9. The summed E-state index contributed by atoms with van der Waals surface area (Å²) >= 11 is 1.43. The number of aliphatic imine (C=N–C) groups is 1. The number of nitrogens with one attached hydrogen (secondary N) is 2. The lowest BCUT2D eigenvalue weighted by atomic mass is 9.39. The molecule has 0 radical (unpaired) electrons. The van der Waals surface area contributed by atoms with Gasteiger partial charge in [0.05, 0.1) is 22.4 Å². The van der Waals surface area contributed by atoms with Crippen molar-refractivity contribution in [3.05, 3.63) is 88.7 Å². The number of carbonyl (C=O) groups excluding carboxylic acids is 2. The van der Waals surface area contributed by atoms with Gasteiger partial charge in [-0.1, -0.05) is 49.4 Å². The minimum atomic E-state index is -1.16. The van der Waals surface area contributed by atoms with Crippen LogP contribution in [0.15, 0.2) is 65.8 Å². The quantitative estimate of drug-likeness (QED) is 0.0460. The molecule has 0 spiro atoms. The smallest absolute Gasteiger partial charge is 0.355 e. The number of allylic oxidation sites excluding steroid dienone is 1. The maximum Gasteiger partial charge on any atom is 0.355 e. The fourth-order valence-electron chi connectivity index (χ4n) is 11.8. The number of hydrogen-bond acceptors (Lipinski definition) is 13. The van der Waals surface area contributed by atoms with Crippen molar-refractivity contribution in [2.24, 2.45) is 32.7 Å². The Morgan fingerprint density at radius 2 is 1.73 bits per heavy atom. The molecule has 9 rings (SSSR count). The number of anilines is 2. The lowest BCUT2D eigenvalue weighted by Gasteiger charge is -2.69. The zero-order chi connectivity index (χ0) is 43.9. The summed E-state index contributed by atoms with van der Waals surface area (Å²) in [6, 6.07) is 16.5. The predicted octanol–water partition coefficient (Wildman–Crippen LogP) is 6.58. The largest absolute Gasteiger partial charge is 0.476 e. The normalized spacial score (nSPS) is 26.0. The molecule has 1 amide bonds. The Morgan fingerprint density at radius 1 is 0.968 bits per heavy atom. The third-order valence-corrected chi connectivity index (χ3v) is 14.1. The van der Waals surface area contributed by atoms with Gasteiger partial charge in [0.2, 0.25) is 0 Å². The Morgan fingerprint density at radius 3 is 2.45 bits per heavy atom. The molecular formula is C47H58N8O6S. The second-order valence-corrected chi connectivity index (χ2v) is 19.9. The van der Waals surface area contributed by atoms with Gasteiger partial charge in [-0.3, -0.25) is 19.9 Å². The van der Waals surface area contributed by atoms with Crippen LogP contribution in [0.4, 0.5) is 10.9 Å². The highest BCUT2D eigenvalue weighted by molar-refractivity contribution is 7.22. The molecule has 1 aliphatic heterocycles. The van der Waals surface area contributed by atoms with Gasteiger partial charge in [-0.25, -0.2) is 14.8 Å². The van der Waals surface area contributed by atoms with Gasteiger partial charge in [0, 0.05) is 61.3 Å². The zero-order valence-corrected chi connectivity index (χ0v) is 36.9. The Balaban J connectivity index is 0.955. The summed E-state index contributed by atoms with van der Waals surface area (Å²) in [4.78, 5) is 54.7. The van der Waals surface area contributed by atoms with Gasteiger partial charge in [0.15, 0.2) is 10.8 Å². The zero-order valence-electron chi connectivity index (χ0n) is 36.1. The summed E-state index contributed by atoms with van der Waals surface area (Å²) in [6.07, 6.45) is 8.33. The molecule has 2 aromatic heterocycles. The second-order valence-electron chi connectivity index (χ2n) is 18.8. The first-order valence-corrected chi connectivity index (χ1v) is 22.4. The van der Waals surface area contributed by atoms with E-state index in [1.165, 1.54) is 17.5 Å². The fourth-order valence-corrected chi connectivity index (χ4v) is 12.7. The summed E-state index contributed by atoms with van der Waals surface area (Å²) in [7, 11) is 0. The van der Waals surface area contributed by atoms with Crippen molar-refractivity contribution < 1.29 is 29.0 Å². The SMILES string of the molecule is CC(=NCC12CC3(C)CC(C)(C1)CC(OCCNCCOC(=O)C(C)N)(C3)C2)C(=CN)c1ccc(N2CCc3cccc(C(=O)Nc4nc5ccccc5s4)c3C2)nc1C(=O)O. The molecular weight excluding hydrogens is 805 g/mol. The summed E-state index contributed by atoms with van der Waals surface area (Å²) < 4.78 is 13.0. The van der Waals surface area contributed by atoms with E-state index in [1.807, 2.05) is 60.4 Å². The summed E-state index contributed by atoms with van der Waals surface area (Å²) in [5.41, 5.74) is 16.6. The topological polar surface area (TPSA) is 207 Å². The number of esters is 1. The highest BCUT2D eigenvalue weighted by Gasteiger charge is 2.66. The molecule has 3 atom stereocenters. The monoisotopic (exact) mass is 862 g/mol. The molecule has 4 bridgehead atoms. The Kier molecular flexibility index (Phi) is 12.0. The van der Waals surface area contributed by atoms with Crippen LogP contribution in [0.25, 0.3) is 15.8 Å². The number of fused-ring (bicyclic) bond motifs is 2. The van der Waals surface area contributed by atoms with Gasteiger partial charge in [0.1, 0.15) is 18.5 Å². The van der Waals surface area contributed by atoms with Gasteiger partial charge in [-0.2, -0.15) is 0 Å². The van der Waals surface area contributed by atoms with E-state index < -0.39 is 18.0 Å². The van der Waals surface area contributed by atoms with E-state index in [1.54, 1.807) is 13.0 Å². The van der Waals surface area contributed by atoms with E-state index in [2.05, 4.69) is 29.5 Å². The minimum Gasteiger partial charge on any atom is -0.476 e. The first kappa shape index (κ1) is 43.4. The summed E-state index contributed by atoms with van der Waals surface area (Å²) in [5.74, 6) is -1.31. The molecule has 4 aromatic rings. The van der Waals surface area contributed by atoms with Crippen molar-refractivity contribution >= 4 is 61.6 Å².